The molecule has 0 atom stereocenters. The van der Waals surface area contributed by atoms with E-state index in [0.717, 1.165) is 25.2 Å². The first-order chi connectivity index (χ1) is 7.22. The number of hydrogen-bond donors (Lipinski definition) is 2. The molecule has 0 bridgehead atoms. The monoisotopic (exact) mass is 228 g/mol. The van der Waals surface area contributed by atoms with Crippen LogP contribution in [0.25, 0.3) is 0 Å². The molecule has 5 nitrogen and oxygen atoms in total. The minimum absolute atomic E-state index is 0.289. The number of oxime groups is 1. The number of aromatic nitrogens is 1. The Kier molecular flexibility index (Phi) is 5.06. The van der Waals surface area contributed by atoms with E-state index in [1.807, 2.05) is 17.9 Å². The maximum atomic E-state index is 8.35. The van der Waals surface area contributed by atoms with Crippen molar-refractivity contribution in [1.82, 2.24) is 9.88 Å². The smallest absolute Gasteiger partial charge is 0.139 e. The maximum Gasteiger partial charge on any atom is 0.139 e. The van der Waals surface area contributed by atoms with E-state index >= 15 is 0 Å². The molecular weight excluding hydrogens is 212 g/mol. The van der Waals surface area contributed by atoms with Crippen molar-refractivity contribution in [3.05, 3.63) is 16.6 Å². The zero-order valence-electron chi connectivity index (χ0n) is 8.76. The lowest BCUT2D eigenvalue weighted by atomic mass is 10.3. The zero-order chi connectivity index (χ0) is 11.1. The van der Waals surface area contributed by atoms with Crippen molar-refractivity contribution in [2.24, 2.45) is 10.9 Å². The number of nitrogens with zero attached hydrogens (tertiary/aromatic N) is 3. The molecule has 0 radical (unpaired) electrons. The molecule has 1 aromatic heterocycles. The molecule has 84 valence electrons. The van der Waals surface area contributed by atoms with Crippen LogP contribution in [-0.4, -0.2) is 34.5 Å². The Balaban J connectivity index is 2.17. The van der Waals surface area contributed by atoms with Gasteiger partial charge in [0.25, 0.3) is 0 Å². The highest BCUT2D eigenvalue weighted by atomic mass is 32.1. The second-order valence-electron chi connectivity index (χ2n) is 3.41. The highest BCUT2D eigenvalue weighted by Gasteiger charge is 2.02. The zero-order valence-corrected chi connectivity index (χ0v) is 9.57. The topological polar surface area (TPSA) is 74.7 Å². The van der Waals surface area contributed by atoms with Crippen LogP contribution in [0.15, 0.2) is 16.0 Å². The van der Waals surface area contributed by atoms with Gasteiger partial charge in [-0.2, -0.15) is 0 Å². The quantitative estimate of drug-likeness (QED) is 0.331. The van der Waals surface area contributed by atoms with Crippen LogP contribution in [0.3, 0.4) is 0 Å². The average molecular weight is 228 g/mol. The van der Waals surface area contributed by atoms with E-state index in [0.29, 0.717) is 6.42 Å². The molecule has 0 fully saturated rings. The van der Waals surface area contributed by atoms with Crippen molar-refractivity contribution in [2.45, 2.75) is 19.4 Å². The highest BCUT2D eigenvalue weighted by Crippen LogP contribution is 2.04. The fraction of sp³-hybridized carbons (Fsp3) is 0.556. The summed E-state index contributed by atoms with van der Waals surface area (Å²) in [6.45, 7) is 1.76. The summed E-state index contributed by atoms with van der Waals surface area (Å²) >= 11 is 1.60. The number of hydrogen-bond acceptors (Lipinski definition) is 5. The van der Waals surface area contributed by atoms with Gasteiger partial charge in [0.15, 0.2) is 0 Å². The lowest BCUT2D eigenvalue weighted by molar-refractivity contribution is 0.310. The van der Waals surface area contributed by atoms with Crippen LogP contribution in [0.5, 0.6) is 0 Å². The van der Waals surface area contributed by atoms with Gasteiger partial charge in [-0.1, -0.05) is 5.16 Å². The van der Waals surface area contributed by atoms with Crippen molar-refractivity contribution in [1.29, 1.82) is 0 Å². The summed E-state index contributed by atoms with van der Waals surface area (Å²) in [7, 11) is 2.03. The predicted octanol–water partition coefficient (Wildman–Crippen LogP) is 1.10. The lowest BCUT2D eigenvalue weighted by Crippen LogP contribution is -2.21. The maximum absolute atomic E-state index is 8.35. The van der Waals surface area contributed by atoms with Gasteiger partial charge in [-0.05, 0) is 20.0 Å². The molecular formula is C9H16N4OS. The van der Waals surface area contributed by atoms with Crippen LogP contribution >= 0.6 is 11.3 Å². The Labute approximate surface area is 93.2 Å². The molecule has 0 aliphatic rings. The summed E-state index contributed by atoms with van der Waals surface area (Å²) < 4.78 is 0. The fourth-order valence-corrected chi connectivity index (χ4v) is 1.80. The van der Waals surface area contributed by atoms with Crippen LogP contribution < -0.4 is 5.73 Å². The summed E-state index contributed by atoms with van der Waals surface area (Å²) in [5.74, 6) is 0.289. The first kappa shape index (κ1) is 11.9. The van der Waals surface area contributed by atoms with Crippen molar-refractivity contribution in [2.75, 3.05) is 13.6 Å². The van der Waals surface area contributed by atoms with Gasteiger partial charge in [0.2, 0.25) is 0 Å². The van der Waals surface area contributed by atoms with Crippen molar-refractivity contribution >= 4 is 17.2 Å². The molecule has 0 aliphatic carbocycles. The van der Waals surface area contributed by atoms with Crippen molar-refractivity contribution in [3.8, 4) is 0 Å². The van der Waals surface area contributed by atoms with E-state index in [2.05, 4.69) is 15.0 Å². The van der Waals surface area contributed by atoms with Crippen molar-refractivity contribution < 1.29 is 5.21 Å². The molecule has 15 heavy (non-hydrogen) atoms. The third kappa shape index (κ3) is 4.75. The van der Waals surface area contributed by atoms with Gasteiger partial charge in [-0.25, -0.2) is 4.98 Å². The molecule has 0 aliphatic heterocycles. The second kappa shape index (κ2) is 6.36. The molecule has 0 spiro atoms. The fourth-order valence-electron chi connectivity index (χ4n) is 1.25. The molecule has 0 unspecified atom stereocenters. The largest absolute Gasteiger partial charge is 0.409 e. The van der Waals surface area contributed by atoms with Gasteiger partial charge in [-0.15, -0.1) is 11.3 Å². The summed E-state index contributed by atoms with van der Waals surface area (Å²) in [6.07, 6.45) is 1.51. The Morgan fingerprint density at radius 2 is 2.53 bits per heavy atom. The number of thiazole rings is 1. The highest BCUT2D eigenvalue weighted by molar-refractivity contribution is 7.07. The van der Waals surface area contributed by atoms with E-state index in [4.69, 9.17) is 10.9 Å². The van der Waals surface area contributed by atoms with Crippen LogP contribution in [0.1, 0.15) is 18.5 Å². The predicted molar refractivity (Wildman–Crippen MR) is 61.1 cm³/mol. The summed E-state index contributed by atoms with van der Waals surface area (Å²) in [5, 5.41) is 13.3. The number of rotatable bonds is 6. The van der Waals surface area contributed by atoms with Crippen molar-refractivity contribution in [3.63, 3.8) is 0 Å². The van der Waals surface area contributed by atoms with E-state index < -0.39 is 0 Å². The van der Waals surface area contributed by atoms with E-state index in [1.54, 1.807) is 11.3 Å². The van der Waals surface area contributed by atoms with Gasteiger partial charge >= 0.3 is 0 Å². The van der Waals surface area contributed by atoms with Crippen LogP contribution in [0, 0.1) is 0 Å². The SMILES string of the molecule is CN(CCCC(N)=NO)Cc1cscn1. The summed E-state index contributed by atoms with van der Waals surface area (Å²) in [4.78, 5) is 6.37. The first-order valence-corrected chi connectivity index (χ1v) is 5.68. The molecule has 1 rings (SSSR count). The molecule has 0 saturated carbocycles. The molecule has 0 aromatic carbocycles. The van der Waals surface area contributed by atoms with Gasteiger partial charge in [0.1, 0.15) is 5.84 Å². The molecule has 1 aromatic rings. The first-order valence-electron chi connectivity index (χ1n) is 4.74. The average Bonchev–Trinajstić information content (AvgIpc) is 2.70. The minimum Gasteiger partial charge on any atom is -0.409 e. The van der Waals surface area contributed by atoms with E-state index in [1.165, 1.54) is 0 Å². The summed E-state index contributed by atoms with van der Waals surface area (Å²) in [6, 6.07) is 0. The normalized spacial score (nSPS) is 12.3. The van der Waals surface area contributed by atoms with Crippen LogP contribution in [0.4, 0.5) is 0 Å². The number of nitrogens with two attached hydrogens (primary N) is 1. The van der Waals surface area contributed by atoms with E-state index in [-0.39, 0.29) is 5.84 Å². The minimum atomic E-state index is 0.289. The van der Waals surface area contributed by atoms with Gasteiger partial charge < -0.3 is 15.8 Å². The molecule has 1 heterocycles. The Morgan fingerprint density at radius 1 is 1.73 bits per heavy atom. The Bertz CT molecular complexity index is 299. The van der Waals surface area contributed by atoms with E-state index in [9.17, 15) is 0 Å². The molecule has 0 saturated heterocycles. The van der Waals surface area contributed by atoms with Crippen LogP contribution in [-0.2, 0) is 6.54 Å². The van der Waals surface area contributed by atoms with Gasteiger partial charge in [-0.3, -0.25) is 0 Å². The molecule has 6 heteroatoms. The third-order valence-corrected chi connectivity index (χ3v) is 2.65. The molecule has 0 amide bonds. The Hall–Kier alpha value is -1.14. The third-order valence-electron chi connectivity index (χ3n) is 2.02. The van der Waals surface area contributed by atoms with Gasteiger partial charge in [0.05, 0.1) is 11.2 Å². The lowest BCUT2D eigenvalue weighted by Gasteiger charge is -2.14. The second-order valence-corrected chi connectivity index (χ2v) is 4.13. The van der Waals surface area contributed by atoms with Gasteiger partial charge in [0, 0.05) is 18.3 Å². The standard InChI is InChI=1S/C9H16N4OS/c1-13(4-2-3-9(10)12-14)5-8-6-15-7-11-8/h6-7,14H,2-5H2,1H3,(H2,10,12). The summed E-state index contributed by atoms with van der Waals surface area (Å²) in [5.41, 5.74) is 8.29. The molecule has 3 N–H and O–H groups in total. The Morgan fingerprint density at radius 3 is 3.13 bits per heavy atom. The van der Waals surface area contributed by atoms with Crippen LogP contribution in [0.2, 0.25) is 0 Å². The number of amidine groups is 1.